The quantitative estimate of drug-likeness (QED) is 0.668. The normalized spacial score (nSPS) is 12.0. The van der Waals surface area contributed by atoms with E-state index in [9.17, 15) is 19.8 Å². The minimum absolute atomic E-state index is 0.146. The van der Waals surface area contributed by atoms with E-state index in [2.05, 4.69) is 0 Å². The number of benzene rings is 2. The van der Waals surface area contributed by atoms with Crippen molar-refractivity contribution in [2.24, 2.45) is 0 Å². The molecule has 0 aliphatic heterocycles. The minimum atomic E-state index is -0.990. The van der Waals surface area contributed by atoms with E-state index in [0.717, 1.165) is 6.07 Å². The number of nitrogens with zero attached hydrogens (tertiary/aromatic N) is 1. The molecule has 2 aromatic rings. The van der Waals surface area contributed by atoms with Crippen molar-refractivity contribution in [3.8, 4) is 11.5 Å². The highest BCUT2D eigenvalue weighted by atomic mass is 16.5. The van der Waals surface area contributed by atoms with Gasteiger partial charge in [-0.25, -0.2) is 4.79 Å². The molecule has 2 N–H and O–H groups in total. The van der Waals surface area contributed by atoms with Crippen LogP contribution in [-0.4, -0.2) is 47.2 Å². The Bertz CT molecular complexity index is 739. The molecule has 6 heteroatoms. The smallest absolute Gasteiger partial charge is 0.342 e. The molecule has 0 spiro atoms. The van der Waals surface area contributed by atoms with Crippen molar-refractivity contribution in [1.29, 1.82) is 0 Å². The van der Waals surface area contributed by atoms with Crippen molar-refractivity contribution in [1.82, 2.24) is 4.90 Å². The Morgan fingerprint density at radius 2 is 1.73 bits per heavy atom. The number of ether oxygens (including phenoxy) is 1. The molecular weight excluding hydrogens is 286 g/mol. The highest BCUT2D eigenvalue weighted by Gasteiger charge is 2.24. The van der Waals surface area contributed by atoms with Crippen LogP contribution in [0.4, 0.5) is 0 Å². The number of carbonyl (C=O) groups is 2. The fraction of sp³-hybridized carbons (Fsp3) is 0.250. The van der Waals surface area contributed by atoms with Gasteiger partial charge in [-0.3, -0.25) is 4.79 Å². The summed E-state index contributed by atoms with van der Waals surface area (Å²) in [7, 11) is 3.10. The molecule has 0 unspecified atom stereocenters. The first kappa shape index (κ1) is 15.6. The first-order valence-electron chi connectivity index (χ1n) is 6.68. The Hall–Kier alpha value is -2.76. The van der Waals surface area contributed by atoms with Crippen molar-refractivity contribution in [2.75, 3.05) is 14.1 Å². The van der Waals surface area contributed by atoms with Crippen LogP contribution in [-0.2, 0) is 9.53 Å². The standard InChI is InChI=1S/C16H17NO5/c1-9(15(20)17(2)3)22-16(21)12-8-13(18)10-6-4-5-7-11(10)14(12)19/h4-9,18-19H,1-3H3/t9-/m0/s1. The number of hydrogen-bond donors (Lipinski definition) is 2. The number of hydrogen-bond acceptors (Lipinski definition) is 5. The van der Waals surface area contributed by atoms with Crippen LogP contribution < -0.4 is 0 Å². The topological polar surface area (TPSA) is 87.1 Å². The maximum atomic E-state index is 12.1. The van der Waals surface area contributed by atoms with E-state index in [0.29, 0.717) is 10.8 Å². The predicted molar refractivity (Wildman–Crippen MR) is 80.8 cm³/mol. The number of likely N-dealkylation sites (N-methyl/N-ethyl adjacent to an activating group) is 1. The van der Waals surface area contributed by atoms with E-state index in [1.165, 1.54) is 11.8 Å². The van der Waals surface area contributed by atoms with Crippen LogP contribution in [0.15, 0.2) is 30.3 Å². The summed E-state index contributed by atoms with van der Waals surface area (Å²) < 4.78 is 5.04. The van der Waals surface area contributed by atoms with Crippen LogP contribution in [0.1, 0.15) is 17.3 Å². The number of rotatable bonds is 3. The average molecular weight is 303 g/mol. The summed E-state index contributed by atoms with van der Waals surface area (Å²) in [5.41, 5.74) is -0.186. The molecule has 0 bridgehead atoms. The van der Waals surface area contributed by atoms with Crippen LogP contribution >= 0.6 is 0 Å². The number of fused-ring (bicyclic) bond motifs is 1. The Kier molecular flexibility index (Phi) is 4.21. The van der Waals surface area contributed by atoms with Crippen molar-refractivity contribution < 1.29 is 24.5 Å². The van der Waals surface area contributed by atoms with Crippen molar-refractivity contribution in [3.05, 3.63) is 35.9 Å². The van der Waals surface area contributed by atoms with Gasteiger partial charge in [0.2, 0.25) is 0 Å². The highest BCUT2D eigenvalue weighted by molar-refractivity contribution is 6.04. The molecule has 0 aromatic heterocycles. The molecule has 1 atom stereocenters. The highest BCUT2D eigenvalue weighted by Crippen LogP contribution is 2.35. The molecule has 2 aromatic carbocycles. The number of carbonyl (C=O) groups excluding carboxylic acids is 2. The lowest BCUT2D eigenvalue weighted by Crippen LogP contribution is -2.34. The predicted octanol–water partition coefficient (Wildman–Crippen LogP) is 1.88. The second-order valence-electron chi connectivity index (χ2n) is 5.12. The van der Waals surface area contributed by atoms with Gasteiger partial charge >= 0.3 is 5.97 Å². The summed E-state index contributed by atoms with van der Waals surface area (Å²) in [4.78, 5) is 25.1. The monoisotopic (exact) mass is 303 g/mol. The van der Waals surface area contributed by atoms with Crippen LogP contribution in [0.3, 0.4) is 0 Å². The molecule has 116 valence electrons. The average Bonchev–Trinajstić information content (AvgIpc) is 2.49. The van der Waals surface area contributed by atoms with Gasteiger partial charge in [0, 0.05) is 24.9 Å². The number of phenols is 2. The maximum absolute atomic E-state index is 12.1. The van der Waals surface area contributed by atoms with E-state index in [1.807, 2.05) is 0 Å². The lowest BCUT2D eigenvalue weighted by Gasteiger charge is -2.18. The largest absolute Gasteiger partial charge is 0.507 e. The third kappa shape index (κ3) is 2.81. The van der Waals surface area contributed by atoms with Crippen molar-refractivity contribution >= 4 is 22.6 Å². The van der Waals surface area contributed by atoms with Gasteiger partial charge in [-0.15, -0.1) is 0 Å². The summed E-state index contributed by atoms with van der Waals surface area (Å²) in [6, 6.07) is 7.71. The van der Waals surface area contributed by atoms with Gasteiger partial charge in [0.1, 0.15) is 17.1 Å². The molecule has 0 saturated heterocycles. The summed E-state index contributed by atoms with van der Waals surface area (Å²) in [6.45, 7) is 1.44. The summed E-state index contributed by atoms with van der Waals surface area (Å²) in [5, 5.41) is 20.9. The van der Waals surface area contributed by atoms with Crippen LogP contribution in [0, 0.1) is 0 Å². The SMILES string of the molecule is C[C@H](OC(=O)c1cc(O)c2ccccc2c1O)C(=O)N(C)C. The second kappa shape index (κ2) is 5.93. The number of phenolic OH excluding ortho intramolecular Hbond substituents is 2. The first-order chi connectivity index (χ1) is 10.3. The van der Waals surface area contributed by atoms with E-state index >= 15 is 0 Å². The van der Waals surface area contributed by atoms with Crippen molar-refractivity contribution in [3.63, 3.8) is 0 Å². The summed E-state index contributed by atoms with van der Waals surface area (Å²) >= 11 is 0. The van der Waals surface area contributed by atoms with Gasteiger partial charge in [0.15, 0.2) is 6.10 Å². The Labute approximate surface area is 127 Å². The molecule has 22 heavy (non-hydrogen) atoms. The fourth-order valence-corrected chi connectivity index (χ4v) is 2.13. The molecule has 0 saturated carbocycles. The molecule has 1 amide bonds. The zero-order valence-corrected chi connectivity index (χ0v) is 12.5. The molecule has 0 heterocycles. The lowest BCUT2D eigenvalue weighted by atomic mass is 10.0. The van der Waals surface area contributed by atoms with E-state index in [4.69, 9.17) is 4.74 Å². The molecule has 0 aliphatic carbocycles. The Balaban J connectivity index is 2.37. The molecule has 0 radical (unpaired) electrons. The fourth-order valence-electron chi connectivity index (χ4n) is 2.13. The number of amides is 1. The van der Waals surface area contributed by atoms with Gasteiger partial charge in [-0.1, -0.05) is 24.3 Å². The summed E-state index contributed by atoms with van der Waals surface area (Å²) in [6.07, 6.45) is -0.990. The van der Waals surface area contributed by atoms with E-state index < -0.39 is 12.1 Å². The number of esters is 1. The van der Waals surface area contributed by atoms with E-state index in [-0.39, 0.29) is 23.0 Å². The third-order valence-corrected chi connectivity index (χ3v) is 3.29. The number of aromatic hydroxyl groups is 2. The Morgan fingerprint density at radius 1 is 1.14 bits per heavy atom. The molecule has 6 nitrogen and oxygen atoms in total. The molecular formula is C16H17NO5. The van der Waals surface area contributed by atoms with Crippen LogP contribution in [0.5, 0.6) is 11.5 Å². The zero-order chi connectivity index (χ0) is 16.4. The van der Waals surface area contributed by atoms with Crippen LogP contribution in [0.2, 0.25) is 0 Å². The molecule has 0 aliphatic rings. The maximum Gasteiger partial charge on any atom is 0.342 e. The minimum Gasteiger partial charge on any atom is -0.507 e. The van der Waals surface area contributed by atoms with Gasteiger partial charge in [-0.2, -0.15) is 0 Å². The first-order valence-corrected chi connectivity index (χ1v) is 6.68. The van der Waals surface area contributed by atoms with Gasteiger partial charge in [0.25, 0.3) is 5.91 Å². The molecule has 2 rings (SSSR count). The van der Waals surface area contributed by atoms with Crippen LogP contribution in [0.25, 0.3) is 10.8 Å². The molecule has 0 fully saturated rings. The summed E-state index contributed by atoms with van der Waals surface area (Å²) in [5.74, 6) is -1.69. The van der Waals surface area contributed by atoms with Crippen molar-refractivity contribution in [2.45, 2.75) is 13.0 Å². The third-order valence-electron chi connectivity index (χ3n) is 3.29. The van der Waals surface area contributed by atoms with Gasteiger partial charge in [-0.05, 0) is 13.0 Å². The van der Waals surface area contributed by atoms with Gasteiger partial charge in [0.05, 0.1) is 0 Å². The lowest BCUT2D eigenvalue weighted by molar-refractivity contribution is -0.137. The second-order valence-corrected chi connectivity index (χ2v) is 5.12. The zero-order valence-electron chi connectivity index (χ0n) is 12.5. The van der Waals surface area contributed by atoms with E-state index in [1.54, 1.807) is 38.4 Å². The van der Waals surface area contributed by atoms with Gasteiger partial charge < -0.3 is 19.8 Å². The Morgan fingerprint density at radius 3 is 2.32 bits per heavy atom.